The third-order valence-electron chi connectivity index (χ3n) is 4.22. The van der Waals surface area contributed by atoms with Crippen molar-refractivity contribution < 1.29 is 12.9 Å². The molecule has 0 amide bonds. The summed E-state index contributed by atoms with van der Waals surface area (Å²) < 4.78 is 28.3. The number of hydrogen-bond acceptors (Lipinski definition) is 6. The van der Waals surface area contributed by atoms with E-state index in [1.165, 1.54) is 6.26 Å². The van der Waals surface area contributed by atoms with Gasteiger partial charge in [0.25, 0.3) is 0 Å². The van der Waals surface area contributed by atoms with Crippen molar-refractivity contribution in [2.75, 3.05) is 25.9 Å². The van der Waals surface area contributed by atoms with E-state index in [4.69, 9.17) is 4.52 Å². The van der Waals surface area contributed by atoms with Crippen LogP contribution >= 0.6 is 24.0 Å². The lowest BCUT2D eigenvalue weighted by Gasteiger charge is -2.11. The van der Waals surface area contributed by atoms with Gasteiger partial charge in [0.15, 0.2) is 21.6 Å². The summed E-state index contributed by atoms with van der Waals surface area (Å²) in [6.07, 6.45) is 3.51. The highest BCUT2D eigenvalue weighted by molar-refractivity contribution is 14.0. The Balaban J connectivity index is 0.00000450. The highest BCUT2D eigenvalue weighted by Gasteiger charge is 2.09. The third kappa shape index (κ3) is 8.99. The highest BCUT2D eigenvalue weighted by atomic mass is 127. The molecule has 30 heavy (non-hydrogen) atoms. The van der Waals surface area contributed by atoms with Crippen LogP contribution in [0.3, 0.4) is 0 Å². The van der Waals surface area contributed by atoms with Crippen LogP contribution in [0.25, 0.3) is 0 Å². The average Bonchev–Trinajstić information content (AvgIpc) is 3.14. The molecular weight excluding hydrogens is 517 g/mol. The molecule has 0 saturated carbocycles. The number of guanidine groups is 1. The van der Waals surface area contributed by atoms with Crippen LogP contribution in [0.1, 0.15) is 50.4 Å². The lowest BCUT2D eigenvalue weighted by atomic mass is 10.1. The molecule has 0 atom stereocenters. The van der Waals surface area contributed by atoms with E-state index in [-0.39, 0.29) is 29.9 Å². The van der Waals surface area contributed by atoms with E-state index in [1.54, 1.807) is 12.1 Å². The molecule has 2 rings (SSSR count). The van der Waals surface area contributed by atoms with Gasteiger partial charge in [0, 0.05) is 38.2 Å². The van der Waals surface area contributed by atoms with E-state index >= 15 is 0 Å². The summed E-state index contributed by atoms with van der Waals surface area (Å²) in [5, 5.41) is 10.5. The van der Waals surface area contributed by atoms with E-state index < -0.39 is 9.84 Å². The van der Waals surface area contributed by atoms with E-state index in [0.717, 1.165) is 36.7 Å². The number of benzene rings is 1. The Bertz CT molecular complexity index is 895. The fourth-order valence-electron chi connectivity index (χ4n) is 2.60. The van der Waals surface area contributed by atoms with Gasteiger partial charge < -0.3 is 15.2 Å². The second kappa shape index (κ2) is 12.9. The van der Waals surface area contributed by atoms with Gasteiger partial charge in [0.05, 0.1) is 4.90 Å². The predicted molar refractivity (Wildman–Crippen MR) is 129 cm³/mol. The lowest BCUT2D eigenvalue weighted by molar-refractivity contribution is 0.369. The molecule has 0 spiro atoms. The Morgan fingerprint density at radius 3 is 2.43 bits per heavy atom. The molecule has 2 aromatic rings. The average molecular weight is 549 g/mol. The first kappa shape index (κ1) is 26.3. The molecule has 0 fully saturated rings. The van der Waals surface area contributed by atoms with Crippen molar-refractivity contribution in [1.29, 1.82) is 0 Å². The maximum Gasteiger partial charge on any atom is 0.226 e. The zero-order valence-corrected chi connectivity index (χ0v) is 21.2. The number of aryl methyl sites for hydroxylation is 1. The Kier molecular flexibility index (Phi) is 11.3. The molecule has 1 heterocycles. The maximum atomic E-state index is 11.5. The van der Waals surface area contributed by atoms with Crippen LogP contribution < -0.4 is 10.6 Å². The maximum absolute atomic E-state index is 11.5. The number of aliphatic imine (C=N–C) groups is 1. The normalized spacial score (nSPS) is 12.0. The van der Waals surface area contributed by atoms with Crippen molar-refractivity contribution in [3.05, 3.63) is 41.5 Å². The fourth-order valence-corrected chi connectivity index (χ4v) is 3.23. The van der Waals surface area contributed by atoms with Crippen molar-refractivity contribution in [2.45, 2.75) is 50.8 Å². The lowest BCUT2D eigenvalue weighted by Crippen LogP contribution is -2.38. The number of nitrogens with zero attached hydrogens (tertiary/aromatic N) is 3. The minimum Gasteiger partial charge on any atom is -0.357 e. The molecule has 1 aromatic heterocycles. The van der Waals surface area contributed by atoms with Gasteiger partial charge in [-0.1, -0.05) is 31.1 Å². The Morgan fingerprint density at radius 1 is 1.17 bits per heavy atom. The molecular formula is C20H32IN5O3S. The molecule has 10 heteroatoms. The Morgan fingerprint density at radius 2 is 1.87 bits per heavy atom. The monoisotopic (exact) mass is 549 g/mol. The zero-order valence-electron chi connectivity index (χ0n) is 18.0. The summed E-state index contributed by atoms with van der Waals surface area (Å²) in [5.41, 5.74) is 1.07. The molecule has 0 unspecified atom stereocenters. The number of aromatic nitrogens is 2. The first-order chi connectivity index (χ1) is 13.8. The van der Waals surface area contributed by atoms with E-state index in [1.807, 2.05) is 32.9 Å². The number of halogens is 1. The standard InChI is InChI=1S/C20H31N5O3S.HI/c1-5-21-20(22-13-6-7-18-24-19(15(2)3)25-28-18)23-14-12-16-8-10-17(11-9-16)29(4,26)27;/h8-11,15H,5-7,12-14H2,1-4H3,(H2,21,22,23);1H. The second-order valence-corrected chi connectivity index (χ2v) is 9.17. The molecule has 1 aromatic carbocycles. The van der Waals surface area contributed by atoms with Crippen LogP contribution in [0.15, 0.2) is 38.7 Å². The summed E-state index contributed by atoms with van der Waals surface area (Å²) >= 11 is 0. The van der Waals surface area contributed by atoms with Gasteiger partial charge in [-0.25, -0.2) is 8.42 Å². The van der Waals surface area contributed by atoms with Gasteiger partial charge >= 0.3 is 0 Å². The van der Waals surface area contributed by atoms with Gasteiger partial charge in [-0.05, 0) is 37.5 Å². The summed E-state index contributed by atoms with van der Waals surface area (Å²) in [6, 6.07) is 6.98. The number of rotatable bonds is 10. The van der Waals surface area contributed by atoms with Crippen molar-refractivity contribution in [3.63, 3.8) is 0 Å². The quantitative estimate of drug-likeness (QED) is 0.203. The Labute approximate surface area is 196 Å². The van der Waals surface area contributed by atoms with Gasteiger partial charge in [0.1, 0.15) is 0 Å². The summed E-state index contributed by atoms with van der Waals surface area (Å²) in [6.45, 7) is 8.22. The largest absolute Gasteiger partial charge is 0.357 e. The van der Waals surface area contributed by atoms with Gasteiger partial charge in [-0.3, -0.25) is 4.99 Å². The molecule has 2 N–H and O–H groups in total. The van der Waals surface area contributed by atoms with Crippen LogP contribution in [0.5, 0.6) is 0 Å². The Hall–Kier alpha value is -1.69. The predicted octanol–water partition coefficient (Wildman–Crippen LogP) is 2.94. The van der Waals surface area contributed by atoms with Crippen LogP contribution in [-0.4, -0.2) is 50.4 Å². The second-order valence-electron chi connectivity index (χ2n) is 7.16. The molecule has 8 nitrogen and oxygen atoms in total. The van der Waals surface area contributed by atoms with Crippen molar-refractivity contribution in [1.82, 2.24) is 20.8 Å². The summed E-state index contributed by atoms with van der Waals surface area (Å²) in [5.74, 6) is 2.41. The minimum atomic E-state index is -3.16. The molecule has 168 valence electrons. The molecule has 0 saturated heterocycles. The van der Waals surface area contributed by atoms with Gasteiger partial charge in [0.2, 0.25) is 5.89 Å². The number of nitrogens with one attached hydrogen (secondary N) is 2. The molecule has 0 aliphatic heterocycles. The minimum absolute atomic E-state index is 0. The topological polar surface area (TPSA) is 109 Å². The number of sulfone groups is 1. The van der Waals surface area contributed by atoms with Crippen molar-refractivity contribution >= 4 is 39.8 Å². The van der Waals surface area contributed by atoms with E-state index in [0.29, 0.717) is 30.3 Å². The summed E-state index contributed by atoms with van der Waals surface area (Å²) in [7, 11) is -3.16. The molecule has 0 radical (unpaired) electrons. The highest BCUT2D eigenvalue weighted by Crippen LogP contribution is 2.11. The van der Waals surface area contributed by atoms with E-state index in [9.17, 15) is 8.42 Å². The molecule has 0 bridgehead atoms. The van der Waals surface area contributed by atoms with Crippen molar-refractivity contribution in [3.8, 4) is 0 Å². The third-order valence-corrected chi connectivity index (χ3v) is 5.35. The first-order valence-electron chi connectivity index (χ1n) is 9.93. The molecule has 0 aliphatic rings. The van der Waals surface area contributed by atoms with Gasteiger partial charge in [-0.2, -0.15) is 4.98 Å². The fraction of sp³-hybridized carbons (Fsp3) is 0.550. The smallest absolute Gasteiger partial charge is 0.226 e. The number of hydrogen-bond donors (Lipinski definition) is 2. The molecule has 0 aliphatic carbocycles. The van der Waals surface area contributed by atoms with Gasteiger partial charge in [-0.15, -0.1) is 24.0 Å². The van der Waals surface area contributed by atoms with Crippen LogP contribution in [0.4, 0.5) is 0 Å². The SMILES string of the molecule is CCNC(=NCCCc1nc(C(C)C)no1)NCCc1ccc(S(C)(=O)=O)cc1.I. The first-order valence-corrected chi connectivity index (χ1v) is 11.8. The zero-order chi connectivity index (χ0) is 21.3. The van der Waals surface area contributed by atoms with Crippen LogP contribution in [-0.2, 0) is 22.7 Å². The van der Waals surface area contributed by atoms with E-state index in [2.05, 4.69) is 25.8 Å². The van der Waals surface area contributed by atoms with Crippen molar-refractivity contribution in [2.24, 2.45) is 4.99 Å². The summed E-state index contributed by atoms with van der Waals surface area (Å²) in [4.78, 5) is 9.28. The van der Waals surface area contributed by atoms with Crippen LogP contribution in [0, 0.1) is 0 Å². The van der Waals surface area contributed by atoms with Crippen LogP contribution in [0.2, 0.25) is 0 Å².